The van der Waals surface area contributed by atoms with Gasteiger partial charge in [-0.25, -0.2) is 0 Å². The summed E-state index contributed by atoms with van der Waals surface area (Å²) < 4.78 is 13.1. The van der Waals surface area contributed by atoms with Crippen molar-refractivity contribution in [2.45, 2.75) is 13.1 Å². The molecule has 0 aliphatic rings. The summed E-state index contributed by atoms with van der Waals surface area (Å²) in [5.41, 5.74) is 2.39. The number of guanidine groups is 1. The van der Waals surface area contributed by atoms with E-state index in [1.807, 2.05) is 26.2 Å². The highest BCUT2D eigenvalue weighted by atomic mass is 127. The van der Waals surface area contributed by atoms with Crippen LogP contribution in [0.5, 0.6) is 5.75 Å². The number of aromatic nitrogens is 1. The van der Waals surface area contributed by atoms with Gasteiger partial charge in [0.05, 0.1) is 13.2 Å². The van der Waals surface area contributed by atoms with E-state index in [-0.39, 0.29) is 24.0 Å². The lowest BCUT2D eigenvalue weighted by Crippen LogP contribution is -2.38. The molecule has 0 fully saturated rings. The molecular weight excluding hydrogens is 493 g/mol. The van der Waals surface area contributed by atoms with Crippen molar-refractivity contribution < 1.29 is 9.47 Å². The van der Waals surface area contributed by atoms with E-state index in [1.165, 1.54) is 5.69 Å². The molecule has 0 atom stereocenters. The fraction of sp³-hybridized carbons (Fsp3) is 0.500. The van der Waals surface area contributed by atoms with Gasteiger partial charge in [0.25, 0.3) is 0 Å². The van der Waals surface area contributed by atoms with Crippen molar-refractivity contribution in [3.8, 4) is 5.75 Å². The van der Waals surface area contributed by atoms with E-state index in [0.29, 0.717) is 13.2 Å². The fourth-order valence-corrected chi connectivity index (χ4v) is 2.97. The molecule has 0 unspecified atom stereocenters. The van der Waals surface area contributed by atoms with Crippen molar-refractivity contribution in [2.24, 2.45) is 12.0 Å². The standard InChI is InChI=1S/C22H35N5O2.HI/c1-23-22(27(4)18-20-9-7-11-26(20)3)24-17-19-8-6-10-21(16-19)29-15-13-25(2)12-14-28-5;/h6-11,16H,12-15,17-18H2,1-5H3,(H,23,24);1H. The first kappa shape index (κ1) is 26.3. The summed E-state index contributed by atoms with van der Waals surface area (Å²) in [7, 11) is 9.70. The summed E-state index contributed by atoms with van der Waals surface area (Å²) in [4.78, 5) is 8.72. The third-order valence-corrected chi connectivity index (χ3v) is 4.79. The lowest BCUT2D eigenvalue weighted by atomic mass is 10.2. The molecule has 2 aromatic rings. The van der Waals surface area contributed by atoms with E-state index >= 15 is 0 Å². The van der Waals surface area contributed by atoms with Gasteiger partial charge in [0.2, 0.25) is 0 Å². The Hall–Kier alpha value is -1.78. The van der Waals surface area contributed by atoms with Crippen LogP contribution in [0.15, 0.2) is 47.6 Å². The van der Waals surface area contributed by atoms with Crippen molar-refractivity contribution in [1.29, 1.82) is 0 Å². The van der Waals surface area contributed by atoms with E-state index in [2.05, 4.69) is 69.2 Å². The number of rotatable bonds is 11. The minimum atomic E-state index is 0. The Labute approximate surface area is 198 Å². The number of likely N-dealkylation sites (N-methyl/N-ethyl adjacent to an activating group) is 1. The number of hydrogen-bond donors (Lipinski definition) is 1. The molecule has 1 heterocycles. The molecular formula is C22H36IN5O2. The van der Waals surface area contributed by atoms with Gasteiger partial charge in [-0.05, 0) is 36.9 Å². The Morgan fingerprint density at radius 2 is 1.90 bits per heavy atom. The molecule has 0 radical (unpaired) electrons. The highest BCUT2D eigenvalue weighted by molar-refractivity contribution is 14.0. The Balaban J connectivity index is 0.00000450. The molecule has 0 aliphatic heterocycles. The smallest absolute Gasteiger partial charge is 0.194 e. The predicted octanol–water partition coefficient (Wildman–Crippen LogP) is 2.81. The number of methoxy groups -OCH3 is 1. The van der Waals surface area contributed by atoms with Gasteiger partial charge in [0.15, 0.2) is 5.96 Å². The van der Waals surface area contributed by atoms with Crippen molar-refractivity contribution in [3.63, 3.8) is 0 Å². The fourth-order valence-electron chi connectivity index (χ4n) is 2.97. The first-order valence-corrected chi connectivity index (χ1v) is 9.94. The zero-order valence-electron chi connectivity index (χ0n) is 18.8. The molecule has 30 heavy (non-hydrogen) atoms. The van der Waals surface area contributed by atoms with Crippen LogP contribution >= 0.6 is 24.0 Å². The van der Waals surface area contributed by atoms with Crippen LogP contribution in [0.4, 0.5) is 0 Å². The molecule has 0 bridgehead atoms. The number of aryl methyl sites for hydroxylation is 1. The molecule has 0 spiro atoms. The average molecular weight is 529 g/mol. The third-order valence-electron chi connectivity index (χ3n) is 4.79. The van der Waals surface area contributed by atoms with Crippen LogP contribution in [0.25, 0.3) is 0 Å². The molecule has 8 heteroatoms. The first-order valence-electron chi connectivity index (χ1n) is 9.94. The van der Waals surface area contributed by atoms with E-state index in [9.17, 15) is 0 Å². The number of halogens is 1. The highest BCUT2D eigenvalue weighted by Crippen LogP contribution is 2.13. The Morgan fingerprint density at radius 3 is 2.57 bits per heavy atom. The maximum Gasteiger partial charge on any atom is 0.194 e. The van der Waals surface area contributed by atoms with E-state index < -0.39 is 0 Å². The van der Waals surface area contributed by atoms with Gasteiger partial charge in [-0.1, -0.05) is 12.1 Å². The molecule has 2 rings (SSSR count). The van der Waals surface area contributed by atoms with Crippen molar-refractivity contribution in [1.82, 2.24) is 19.7 Å². The van der Waals surface area contributed by atoms with E-state index in [1.54, 1.807) is 7.11 Å². The van der Waals surface area contributed by atoms with Gasteiger partial charge >= 0.3 is 0 Å². The average Bonchev–Trinajstić information content (AvgIpc) is 3.11. The first-order chi connectivity index (χ1) is 14.0. The quantitative estimate of drug-likeness (QED) is 0.276. The number of nitrogens with zero attached hydrogens (tertiary/aromatic N) is 4. The van der Waals surface area contributed by atoms with Gasteiger partial charge in [-0.2, -0.15) is 0 Å². The van der Waals surface area contributed by atoms with Gasteiger partial charge in [-0.15, -0.1) is 24.0 Å². The molecule has 0 aliphatic carbocycles. The van der Waals surface area contributed by atoms with Crippen LogP contribution < -0.4 is 10.1 Å². The maximum atomic E-state index is 5.91. The SMILES string of the molecule is CN=C(NCc1cccc(OCCN(C)CCOC)c1)N(C)Cc1cccn1C.I. The zero-order valence-corrected chi connectivity index (χ0v) is 21.1. The third kappa shape index (κ3) is 8.93. The zero-order chi connectivity index (χ0) is 21.1. The van der Waals surface area contributed by atoms with Gasteiger partial charge < -0.3 is 29.2 Å². The second-order valence-corrected chi connectivity index (χ2v) is 7.16. The van der Waals surface area contributed by atoms with Gasteiger partial charge in [0.1, 0.15) is 12.4 Å². The Kier molecular flexibility index (Phi) is 12.5. The number of aliphatic imine (C=N–C) groups is 1. The van der Waals surface area contributed by atoms with Crippen molar-refractivity contribution >= 4 is 29.9 Å². The summed E-state index contributed by atoms with van der Waals surface area (Å²) in [5.74, 6) is 1.74. The molecule has 168 valence electrons. The van der Waals surface area contributed by atoms with E-state index in [0.717, 1.165) is 43.5 Å². The maximum absolute atomic E-state index is 5.91. The Morgan fingerprint density at radius 1 is 1.13 bits per heavy atom. The van der Waals surface area contributed by atoms with Crippen LogP contribution in [-0.2, 0) is 24.9 Å². The topological polar surface area (TPSA) is 54.3 Å². The predicted molar refractivity (Wildman–Crippen MR) is 134 cm³/mol. The van der Waals surface area contributed by atoms with Crippen LogP contribution in [-0.4, -0.2) is 74.9 Å². The summed E-state index contributed by atoms with van der Waals surface area (Å²) in [5, 5.41) is 3.43. The van der Waals surface area contributed by atoms with Crippen LogP contribution in [0.3, 0.4) is 0 Å². The number of ether oxygens (including phenoxy) is 2. The normalized spacial score (nSPS) is 11.3. The molecule has 1 aromatic carbocycles. The molecule has 0 amide bonds. The largest absolute Gasteiger partial charge is 0.492 e. The number of nitrogens with one attached hydrogen (secondary N) is 1. The van der Waals surface area contributed by atoms with Gasteiger partial charge in [-0.3, -0.25) is 4.99 Å². The lowest BCUT2D eigenvalue weighted by Gasteiger charge is -2.22. The minimum absolute atomic E-state index is 0. The lowest BCUT2D eigenvalue weighted by molar-refractivity contribution is 0.150. The molecule has 1 N–H and O–H groups in total. The molecule has 0 saturated carbocycles. The van der Waals surface area contributed by atoms with Gasteiger partial charge in [0, 0.05) is 59.8 Å². The summed E-state index contributed by atoms with van der Waals surface area (Å²) in [6.45, 7) is 4.63. The number of hydrogen-bond acceptors (Lipinski definition) is 4. The number of benzene rings is 1. The minimum Gasteiger partial charge on any atom is -0.492 e. The second-order valence-electron chi connectivity index (χ2n) is 7.16. The second kappa shape index (κ2) is 14.3. The molecule has 7 nitrogen and oxygen atoms in total. The summed E-state index contributed by atoms with van der Waals surface area (Å²) in [6.07, 6.45) is 2.06. The highest BCUT2D eigenvalue weighted by Gasteiger charge is 2.08. The van der Waals surface area contributed by atoms with Crippen LogP contribution in [0.1, 0.15) is 11.3 Å². The van der Waals surface area contributed by atoms with Crippen LogP contribution in [0.2, 0.25) is 0 Å². The summed E-state index contributed by atoms with van der Waals surface area (Å²) >= 11 is 0. The van der Waals surface area contributed by atoms with Crippen LogP contribution in [0, 0.1) is 0 Å². The van der Waals surface area contributed by atoms with Crippen molar-refractivity contribution in [2.75, 3.05) is 54.6 Å². The Bertz CT molecular complexity index is 765. The summed E-state index contributed by atoms with van der Waals surface area (Å²) in [6, 6.07) is 12.4. The molecule has 0 saturated heterocycles. The van der Waals surface area contributed by atoms with Crippen molar-refractivity contribution in [3.05, 3.63) is 53.9 Å². The molecule has 1 aromatic heterocycles. The van der Waals surface area contributed by atoms with E-state index in [4.69, 9.17) is 9.47 Å². The monoisotopic (exact) mass is 529 g/mol.